The number of aliphatic carboxylic acids is 1. The molecule has 0 radical (unpaired) electrons. The van der Waals surface area contributed by atoms with Gasteiger partial charge in [0.2, 0.25) is 0 Å². The molecule has 1 atom stereocenters. The van der Waals surface area contributed by atoms with Crippen LogP contribution in [0.1, 0.15) is 6.92 Å². The third-order valence-corrected chi connectivity index (χ3v) is 1.87. The van der Waals surface area contributed by atoms with Crippen LogP contribution in [0.5, 0.6) is 0 Å². The topological polar surface area (TPSA) is 55.1 Å². The van der Waals surface area contributed by atoms with Crippen molar-refractivity contribution < 1.29 is 9.90 Å². The Morgan fingerprint density at radius 2 is 2.58 bits per heavy atom. The van der Waals surface area contributed by atoms with Gasteiger partial charge < -0.3 is 9.67 Å². The molecule has 5 heteroatoms. The lowest BCUT2D eigenvalue weighted by atomic mass is 10.2. The van der Waals surface area contributed by atoms with E-state index in [1.807, 2.05) is 0 Å². The quantitative estimate of drug-likeness (QED) is 0.777. The lowest BCUT2D eigenvalue weighted by Gasteiger charge is -2.06. The molecule has 0 aliphatic rings. The molecule has 1 N–H and O–H groups in total. The number of imidazole rings is 1. The van der Waals surface area contributed by atoms with Gasteiger partial charge in [-0.25, -0.2) is 4.98 Å². The Morgan fingerprint density at radius 3 is 3.00 bits per heavy atom. The minimum Gasteiger partial charge on any atom is -0.481 e. The molecule has 1 aromatic rings. The van der Waals surface area contributed by atoms with Gasteiger partial charge in [0.25, 0.3) is 0 Å². The zero-order valence-corrected chi connectivity index (χ0v) is 7.32. The Balaban J connectivity index is 2.64. The first kappa shape index (κ1) is 9.06. The van der Waals surface area contributed by atoms with Crippen molar-refractivity contribution in [3.05, 3.63) is 17.7 Å². The van der Waals surface area contributed by atoms with Gasteiger partial charge in [0.15, 0.2) is 0 Å². The maximum absolute atomic E-state index is 10.5. The van der Waals surface area contributed by atoms with E-state index in [4.69, 9.17) is 16.7 Å². The zero-order valence-electron chi connectivity index (χ0n) is 6.57. The zero-order chi connectivity index (χ0) is 9.14. The van der Waals surface area contributed by atoms with Gasteiger partial charge in [-0.05, 0) is 0 Å². The summed E-state index contributed by atoms with van der Waals surface area (Å²) >= 11 is 5.70. The number of rotatable bonds is 3. The van der Waals surface area contributed by atoms with Crippen LogP contribution in [0.2, 0.25) is 5.15 Å². The molecule has 0 amide bonds. The molecule has 4 nitrogen and oxygen atoms in total. The van der Waals surface area contributed by atoms with Gasteiger partial charge in [-0.2, -0.15) is 0 Å². The van der Waals surface area contributed by atoms with Crippen molar-refractivity contribution in [3.8, 4) is 0 Å². The van der Waals surface area contributed by atoms with E-state index in [1.165, 1.54) is 12.5 Å². The van der Waals surface area contributed by atoms with Crippen LogP contribution in [-0.4, -0.2) is 20.6 Å². The number of carboxylic acids is 1. The molecule has 1 heterocycles. The molecule has 0 fully saturated rings. The van der Waals surface area contributed by atoms with Gasteiger partial charge in [0, 0.05) is 6.54 Å². The van der Waals surface area contributed by atoms with Gasteiger partial charge in [-0.3, -0.25) is 4.79 Å². The van der Waals surface area contributed by atoms with Crippen LogP contribution in [0.3, 0.4) is 0 Å². The number of carbonyl (C=O) groups is 1. The summed E-state index contributed by atoms with van der Waals surface area (Å²) in [6, 6.07) is 0. The summed E-state index contributed by atoms with van der Waals surface area (Å²) in [5.74, 6) is -1.28. The predicted octanol–water partition coefficient (Wildman–Crippen LogP) is 1.26. The third kappa shape index (κ3) is 1.98. The Labute approximate surface area is 74.8 Å². The highest BCUT2D eigenvalue weighted by Gasteiger charge is 2.12. The second-order valence-corrected chi connectivity index (χ2v) is 3.00. The standard InChI is InChI=1S/C7H9ClN2O2/c1-5(7(11)12)3-10-4-9-2-6(10)8/h2,4-5H,3H2,1H3,(H,11,12). The molecular formula is C7H9ClN2O2. The van der Waals surface area contributed by atoms with E-state index >= 15 is 0 Å². The molecule has 66 valence electrons. The molecule has 0 aliphatic heterocycles. The molecule has 0 spiro atoms. The molecule has 0 aliphatic carbocycles. The fourth-order valence-corrected chi connectivity index (χ4v) is 0.981. The highest BCUT2D eigenvalue weighted by atomic mass is 35.5. The van der Waals surface area contributed by atoms with E-state index in [0.717, 1.165) is 0 Å². The third-order valence-electron chi connectivity index (χ3n) is 1.55. The lowest BCUT2D eigenvalue weighted by molar-refractivity contribution is -0.141. The van der Waals surface area contributed by atoms with Crippen molar-refractivity contribution in [2.75, 3.05) is 0 Å². The van der Waals surface area contributed by atoms with E-state index in [9.17, 15) is 4.79 Å². The average Bonchev–Trinajstić information content (AvgIpc) is 2.36. The van der Waals surface area contributed by atoms with E-state index in [-0.39, 0.29) is 0 Å². The molecule has 0 bridgehead atoms. The summed E-state index contributed by atoms with van der Waals surface area (Å²) in [5.41, 5.74) is 0. The number of nitrogens with zero attached hydrogens (tertiary/aromatic N) is 2. The number of aromatic nitrogens is 2. The Bertz CT molecular complexity index is 285. The Morgan fingerprint density at radius 1 is 1.92 bits per heavy atom. The second-order valence-electron chi connectivity index (χ2n) is 2.61. The van der Waals surface area contributed by atoms with Crippen LogP contribution in [0.25, 0.3) is 0 Å². The minimum atomic E-state index is -0.834. The van der Waals surface area contributed by atoms with Crippen LogP contribution in [0, 0.1) is 5.92 Å². The fraction of sp³-hybridized carbons (Fsp3) is 0.429. The van der Waals surface area contributed by atoms with Gasteiger partial charge in [-0.1, -0.05) is 18.5 Å². The molecule has 0 saturated carbocycles. The lowest BCUT2D eigenvalue weighted by Crippen LogP contribution is -2.16. The van der Waals surface area contributed by atoms with Crippen molar-refractivity contribution in [2.24, 2.45) is 5.92 Å². The monoisotopic (exact) mass is 188 g/mol. The SMILES string of the molecule is CC(Cn1cncc1Cl)C(=O)O. The first-order chi connectivity index (χ1) is 5.61. The molecule has 12 heavy (non-hydrogen) atoms. The molecule has 0 aromatic carbocycles. The summed E-state index contributed by atoms with van der Waals surface area (Å²) < 4.78 is 1.60. The van der Waals surface area contributed by atoms with E-state index in [1.54, 1.807) is 11.5 Å². The van der Waals surface area contributed by atoms with Crippen molar-refractivity contribution >= 4 is 17.6 Å². The fourth-order valence-electron chi connectivity index (χ4n) is 0.812. The number of halogens is 1. The molecule has 1 aromatic heterocycles. The molecular weight excluding hydrogens is 180 g/mol. The average molecular weight is 189 g/mol. The first-order valence-corrected chi connectivity index (χ1v) is 3.87. The number of carboxylic acid groups (broad SMARTS) is 1. The summed E-state index contributed by atoms with van der Waals surface area (Å²) in [4.78, 5) is 14.2. The smallest absolute Gasteiger partial charge is 0.308 e. The van der Waals surface area contributed by atoms with Crippen LogP contribution >= 0.6 is 11.6 Å². The van der Waals surface area contributed by atoms with Crippen molar-refractivity contribution in [2.45, 2.75) is 13.5 Å². The summed E-state index contributed by atoms with van der Waals surface area (Å²) in [5, 5.41) is 9.06. The minimum absolute atomic E-state index is 0.355. The number of hydrogen-bond donors (Lipinski definition) is 1. The van der Waals surface area contributed by atoms with Crippen molar-refractivity contribution in [1.29, 1.82) is 0 Å². The van der Waals surface area contributed by atoms with Crippen LogP contribution < -0.4 is 0 Å². The van der Waals surface area contributed by atoms with E-state index in [2.05, 4.69) is 4.98 Å². The number of hydrogen-bond acceptors (Lipinski definition) is 2. The van der Waals surface area contributed by atoms with E-state index < -0.39 is 11.9 Å². The predicted molar refractivity (Wildman–Crippen MR) is 44.0 cm³/mol. The second kappa shape index (κ2) is 3.58. The van der Waals surface area contributed by atoms with Crippen molar-refractivity contribution in [1.82, 2.24) is 9.55 Å². The first-order valence-electron chi connectivity index (χ1n) is 3.49. The van der Waals surface area contributed by atoms with Gasteiger partial charge >= 0.3 is 5.97 Å². The molecule has 0 saturated heterocycles. The van der Waals surface area contributed by atoms with Gasteiger partial charge in [0.05, 0.1) is 18.4 Å². The highest BCUT2D eigenvalue weighted by molar-refractivity contribution is 6.29. The summed E-state index contributed by atoms with van der Waals surface area (Å²) in [6.45, 7) is 1.98. The van der Waals surface area contributed by atoms with Crippen molar-refractivity contribution in [3.63, 3.8) is 0 Å². The molecule has 1 rings (SSSR count). The summed E-state index contributed by atoms with van der Waals surface area (Å²) in [6.07, 6.45) is 3.00. The normalized spacial score (nSPS) is 12.8. The highest BCUT2D eigenvalue weighted by Crippen LogP contribution is 2.09. The Hall–Kier alpha value is -1.03. The molecule has 1 unspecified atom stereocenters. The maximum Gasteiger partial charge on any atom is 0.308 e. The Kier molecular flexibility index (Phi) is 2.70. The van der Waals surface area contributed by atoms with Crippen LogP contribution in [0.4, 0.5) is 0 Å². The van der Waals surface area contributed by atoms with Gasteiger partial charge in [0.1, 0.15) is 5.15 Å². The van der Waals surface area contributed by atoms with Crippen LogP contribution in [-0.2, 0) is 11.3 Å². The van der Waals surface area contributed by atoms with Crippen LogP contribution in [0.15, 0.2) is 12.5 Å². The van der Waals surface area contributed by atoms with E-state index in [0.29, 0.717) is 11.7 Å². The summed E-state index contributed by atoms with van der Waals surface area (Å²) in [7, 11) is 0. The van der Waals surface area contributed by atoms with Gasteiger partial charge in [-0.15, -0.1) is 0 Å². The largest absolute Gasteiger partial charge is 0.481 e. The maximum atomic E-state index is 10.5.